The summed E-state index contributed by atoms with van der Waals surface area (Å²) in [5.41, 5.74) is 0.478. The van der Waals surface area contributed by atoms with Gasteiger partial charge in [-0.3, -0.25) is 4.98 Å². The molecule has 2 saturated heterocycles. The minimum atomic E-state index is -0.514. The van der Waals surface area contributed by atoms with Crippen molar-refractivity contribution >= 4 is 40.4 Å². The average Bonchev–Trinajstić information content (AvgIpc) is 2.96. The summed E-state index contributed by atoms with van der Waals surface area (Å²) in [6, 6.07) is 3.75. The van der Waals surface area contributed by atoms with Crippen LogP contribution in [0.2, 0.25) is 5.15 Å². The fourth-order valence-corrected chi connectivity index (χ4v) is 4.72. The topological polar surface area (TPSA) is 93.6 Å². The third-order valence-corrected chi connectivity index (χ3v) is 5.94. The van der Waals surface area contributed by atoms with E-state index in [0.717, 1.165) is 25.7 Å². The summed E-state index contributed by atoms with van der Waals surface area (Å²) in [7, 11) is 1.33. The number of nitrogens with one attached hydrogen (secondary N) is 1. The van der Waals surface area contributed by atoms with E-state index in [1.807, 2.05) is 25.7 Å². The largest absolute Gasteiger partial charge is 0.465 e. The Morgan fingerprint density at radius 2 is 1.87 bits per heavy atom. The first-order valence-corrected chi connectivity index (χ1v) is 10.8. The van der Waals surface area contributed by atoms with Crippen molar-refractivity contribution < 1.29 is 19.1 Å². The maximum atomic E-state index is 12.7. The molecule has 0 aromatic carbocycles. The van der Waals surface area contributed by atoms with Crippen LogP contribution in [0.4, 0.5) is 10.6 Å². The van der Waals surface area contributed by atoms with Crippen LogP contribution in [-0.2, 0) is 9.47 Å². The first-order chi connectivity index (χ1) is 14.6. The zero-order chi connectivity index (χ0) is 22.3. The maximum absolute atomic E-state index is 12.7. The number of methoxy groups -OCH3 is 1. The Kier molecular flexibility index (Phi) is 5.68. The van der Waals surface area contributed by atoms with Crippen molar-refractivity contribution in [2.24, 2.45) is 0 Å². The molecular weight excluding hydrogens is 420 g/mol. The van der Waals surface area contributed by atoms with Crippen molar-refractivity contribution in [3.05, 3.63) is 29.0 Å². The molecule has 2 aromatic rings. The first-order valence-electron chi connectivity index (χ1n) is 10.5. The Hall–Kier alpha value is -2.61. The number of halogens is 1. The maximum Gasteiger partial charge on any atom is 0.410 e. The highest BCUT2D eigenvalue weighted by molar-refractivity contribution is 6.30. The number of anilines is 1. The number of esters is 1. The van der Waals surface area contributed by atoms with Crippen molar-refractivity contribution in [1.82, 2.24) is 14.9 Å². The predicted molar refractivity (Wildman–Crippen MR) is 117 cm³/mol. The van der Waals surface area contributed by atoms with Gasteiger partial charge in [0.2, 0.25) is 0 Å². The number of fused-ring (bicyclic) bond motifs is 3. The van der Waals surface area contributed by atoms with Crippen molar-refractivity contribution in [3.63, 3.8) is 0 Å². The normalized spacial score (nSPS) is 23.0. The summed E-state index contributed by atoms with van der Waals surface area (Å²) in [5.74, 6) is 0.120. The first kappa shape index (κ1) is 21.6. The second-order valence-electron chi connectivity index (χ2n) is 9.16. The molecule has 0 spiro atoms. The number of hydrogen-bond acceptors (Lipinski definition) is 7. The van der Waals surface area contributed by atoms with Crippen molar-refractivity contribution in [3.8, 4) is 0 Å². The third kappa shape index (κ3) is 4.54. The van der Waals surface area contributed by atoms with Crippen LogP contribution in [0, 0.1) is 0 Å². The zero-order valence-electron chi connectivity index (χ0n) is 18.1. The van der Waals surface area contributed by atoms with E-state index in [2.05, 4.69) is 15.3 Å². The highest BCUT2D eigenvalue weighted by atomic mass is 35.5. The number of amides is 1. The molecule has 2 unspecified atom stereocenters. The summed E-state index contributed by atoms with van der Waals surface area (Å²) >= 11 is 6.21. The molecule has 2 fully saturated rings. The number of rotatable bonds is 3. The molecule has 2 aliphatic rings. The van der Waals surface area contributed by atoms with E-state index >= 15 is 0 Å². The minimum absolute atomic E-state index is 0.118. The molecule has 2 atom stereocenters. The van der Waals surface area contributed by atoms with Gasteiger partial charge in [-0.2, -0.15) is 0 Å². The summed E-state index contributed by atoms with van der Waals surface area (Å²) in [4.78, 5) is 35.3. The van der Waals surface area contributed by atoms with Crippen molar-refractivity contribution in [1.29, 1.82) is 0 Å². The van der Waals surface area contributed by atoms with Gasteiger partial charge in [-0.05, 0) is 52.5 Å². The Balaban J connectivity index is 1.55. The van der Waals surface area contributed by atoms with E-state index in [-0.39, 0.29) is 24.2 Å². The van der Waals surface area contributed by atoms with Gasteiger partial charge in [-0.25, -0.2) is 14.6 Å². The van der Waals surface area contributed by atoms with Crippen LogP contribution in [0.3, 0.4) is 0 Å². The molecule has 166 valence electrons. The highest BCUT2D eigenvalue weighted by Crippen LogP contribution is 2.38. The van der Waals surface area contributed by atoms with E-state index in [4.69, 9.17) is 21.1 Å². The monoisotopic (exact) mass is 446 g/mol. The van der Waals surface area contributed by atoms with Gasteiger partial charge in [-0.1, -0.05) is 11.6 Å². The number of aromatic nitrogens is 2. The SMILES string of the molecule is COC(=O)c1cnc2cc(Cl)nc(NC3CC4CCC(C3)N4C(=O)OC(C)(C)C)c2c1. The van der Waals surface area contributed by atoms with Gasteiger partial charge in [0.1, 0.15) is 16.6 Å². The van der Waals surface area contributed by atoms with E-state index < -0.39 is 11.6 Å². The zero-order valence-corrected chi connectivity index (χ0v) is 18.9. The van der Waals surface area contributed by atoms with Crippen LogP contribution in [0.5, 0.6) is 0 Å². The molecule has 0 aliphatic carbocycles. The van der Waals surface area contributed by atoms with Gasteiger partial charge in [0.05, 0.1) is 18.2 Å². The fraction of sp³-hybridized carbons (Fsp3) is 0.545. The lowest BCUT2D eigenvalue weighted by atomic mass is 9.97. The molecule has 1 amide bonds. The van der Waals surface area contributed by atoms with Crippen LogP contribution in [-0.4, -0.2) is 57.8 Å². The van der Waals surface area contributed by atoms with Gasteiger partial charge < -0.3 is 19.7 Å². The molecular formula is C22H27ClN4O4. The lowest BCUT2D eigenvalue weighted by Crippen LogP contribution is -2.51. The average molecular weight is 447 g/mol. The number of piperidine rings is 1. The summed E-state index contributed by atoms with van der Waals surface area (Å²) in [5, 5.41) is 4.52. The molecule has 2 bridgehead atoms. The number of pyridine rings is 2. The van der Waals surface area contributed by atoms with Crippen molar-refractivity contribution in [2.75, 3.05) is 12.4 Å². The van der Waals surface area contributed by atoms with Crippen LogP contribution >= 0.6 is 11.6 Å². The summed E-state index contributed by atoms with van der Waals surface area (Å²) < 4.78 is 10.4. The molecule has 2 aromatic heterocycles. The minimum Gasteiger partial charge on any atom is -0.465 e. The quantitative estimate of drug-likeness (QED) is 0.551. The molecule has 9 heteroatoms. The fourth-order valence-electron chi connectivity index (χ4n) is 4.53. The Labute approximate surface area is 186 Å². The highest BCUT2D eigenvalue weighted by Gasteiger charge is 2.45. The number of hydrogen-bond donors (Lipinski definition) is 1. The van der Waals surface area contributed by atoms with Crippen LogP contribution in [0.1, 0.15) is 56.8 Å². The molecule has 1 N–H and O–H groups in total. The summed E-state index contributed by atoms with van der Waals surface area (Å²) in [6.45, 7) is 5.65. The van der Waals surface area contributed by atoms with Crippen LogP contribution in [0.25, 0.3) is 10.9 Å². The van der Waals surface area contributed by atoms with E-state index in [9.17, 15) is 9.59 Å². The van der Waals surface area contributed by atoms with Crippen LogP contribution in [0.15, 0.2) is 18.3 Å². The molecule has 4 rings (SSSR count). The number of carbonyl (C=O) groups is 2. The molecule has 2 aliphatic heterocycles. The van der Waals surface area contributed by atoms with Gasteiger partial charge in [-0.15, -0.1) is 0 Å². The second kappa shape index (κ2) is 8.15. The molecule has 8 nitrogen and oxygen atoms in total. The standard InChI is InChI=1S/C22H27ClN4O4/c1-22(2,3)31-21(29)27-14-5-6-15(27)9-13(8-14)25-19-16-7-12(20(28)30-4)11-24-17(16)10-18(23)26-19/h7,10-11,13-15H,5-6,8-9H2,1-4H3,(H,25,26). The predicted octanol–water partition coefficient (Wildman–Crippen LogP) is 4.41. The van der Waals surface area contributed by atoms with Crippen LogP contribution < -0.4 is 5.32 Å². The van der Waals surface area contributed by atoms with Crippen molar-refractivity contribution in [2.45, 2.75) is 70.2 Å². The summed E-state index contributed by atoms with van der Waals surface area (Å²) in [6.07, 6.45) is 4.72. The Morgan fingerprint density at radius 1 is 1.19 bits per heavy atom. The van der Waals surface area contributed by atoms with Gasteiger partial charge >= 0.3 is 12.1 Å². The lowest BCUT2D eigenvalue weighted by Gasteiger charge is -2.39. The van der Waals surface area contributed by atoms with Gasteiger partial charge in [0.25, 0.3) is 0 Å². The van der Waals surface area contributed by atoms with E-state index in [1.165, 1.54) is 13.3 Å². The number of nitrogens with zero attached hydrogens (tertiary/aromatic N) is 3. The number of carbonyl (C=O) groups excluding carboxylic acids is 2. The van der Waals surface area contributed by atoms with Gasteiger partial charge in [0, 0.05) is 35.8 Å². The lowest BCUT2D eigenvalue weighted by molar-refractivity contribution is 0.00681. The van der Waals surface area contributed by atoms with E-state index in [1.54, 1.807) is 12.1 Å². The third-order valence-electron chi connectivity index (χ3n) is 5.75. The smallest absolute Gasteiger partial charge is 0.410 e. The number of ether oxygens (including phenoxy) is 2. The van der Waals surface area contributed by atoms with E-state index in [0.29, 0.717) is 27.4 Å². The van der Waals surface area contributed by atoms with Gasteiger partial charge in [0.15, 0.2) is 0 Å². The Bertz CT molecular complexity index is 1010. The second-order valence-corrected chi connectivity index (χ2v) is 9.55. The Morgan fingerprint density at radius 3 is 2.48 bits per heavy atom. The molecule has 0 saturated carbocycles. The molecule has 31 heavy (non-hydrogen) atoms. The molecule has 4 heterocycles. The molecule has 0 radical (unpaired) electrons.